The van der Waals surface area contributed by atoms with Gasteiger partial charge in [-0.25, -0.2) is 4.68 Å². The highest BCUT2D eigenvalue weighted by molar-refractivity contribution is 7.07. The minimum absolute atomic E-state index is 0.0836. The number of non-ortho nitro benzene ring substituents is 1. The predicted octanol–water partition coefficient (Wildman–Crippen LogP) is 6.04. The van der Waals surface area contributed by atoms with Gasteiger partial charge in [-0.1, -0.05) is 33.3 Å². The van der Waals surface area contributed by atoms with Gasteiger partial charge in [0.15, 0.2) is 0 Å². The molecular weight excluding hydrogens is 396 g/mol. The molecule has 7 heteroatoms. The van der Waals surface area contributed by atoms with Gasteiger partial charge >= 0.3 is 0 Å². The van der Waals surface area contributed by atoms with E-state index in [-0.39, 0.29) is 10.6 Å². The second-order valence-corrected chi connectivity index (χ2v) is 9.27. The molecule has 0 saturated heterocycles. The molecule has 2 aromatic rings. The fraction of sp³-hybridized carbons (Fsp3) is 0.478. The number of hydrogen-bond donors (Lipinski definition) is 0. The Balaban J connectivity index is 1.93. The van der Waals surface area contributed by atoms with Gasteiger partial charge in [-0.3, -0.25) is 15.1 Å². The van der Waals surface area contributed by atoms with Crippen LogP contribution in [0.1, 0.15) is 52.9 Å². The lowest BCUT2D eigenvalue weighted by atomic mass is 9.69. The fourth-order valence-electron chi connectivity index (χ4n) is 3.86. The van der Waals surface area contributed by atoms with Crippen molar-refractivity contribution in [2.24, 2.45) is 21.4 Å². The van der Waals surface area contributed by atoms with Gasteiger partial charge in [-0.05, 0) is 49.1 Å². The number of nitrogens with zero attached hydrogens (tertiary/aromatic N) is 4. The van der Waals surface area contributed by atoms with E-state index in [0.717, 1.165) is 47.7 Å². The molecule has 1 aromatic carbocycles. The quantitative estimate of drug-likeness (QED) is 0.307. The standard InChI is InChI=1S/C23H30N4O2S/c1-5-15-24-22-26(25-19-11-9-18(10-12-19)23(3,4)6-2)21(16-30-22)17-7-13-20(14-8-17)27(28)29/h5,7-8,13-14,16,18H,1,6,9-12,15H2,2-4H3. The highest BCUT2D eigenvalue weighted by atomic mass is 32.1. The number of thiazole rings is 1. The van der Waals surface area contributed by atoms with Gasteiger partial charge < -0.3 is 0 Å². The average molecular weight is 427 g/mol. The Morgan fingerprint density at radius 3 is 2.53 bits per heavy atom. The monoisotopic (exact) mass is 426 g/mol. The van der Waals surface area contributed by atoms with E-state index in [4.69, 9.17) is 5.10 Å². The molecule has 0 radical (unpaired) electrons. The number of rotatable bonds is 7. The summed E-state index contributed by atoms with van der Waals surface area (Å²) in [5, 5.41) is 18.0. The van der Waals surface area contributed by atoms with Crippen molar-refractivity contribution in [2.75, 3.05) is 6.54 Å². The summed E-state index contributed by atoms with van der Waals surface area (Å²) in [6.45, 7) is 11.3. The maximum absolute atomic E-state index is 11.0. The van der Waals surface area contributed by atoms with Crippen molar-refractivity contribution < 1.29 is 4.92 Å². The van der Waals surface area contributed by atoms with Crippen molar-refractivity contribution in [2.45, 2.75) is 52.9 Å². The van der Waals surface area contributed by atoms with Gasteiger partial charge in [0.05, 0.1) is 17.2 Å². The van der Waals surface area contributed by atoms with Crippen LogP contribution in [0.5, 0.6) is 0 Å². The van der Waals surface area contributed by atoms with Gasteiger partial charge in [0.2, 0.25) is 4.80 Å². The average Bonchev–Trinajstić information content (AvgIpc) is 3.15. The Morgan fingerprint density at radius 2 is 1.97 bits per heavy atom. The Labute approximate surface area is 181 Å². The SMILES string of the molecule is C=CCN=c1scc(-c2ccc([N+](=O)[O-])cc2)n1N=C1CCC(C(C)(C)CC)CC1. The summed E-state index contributed by atoms with van der Waals surface area (Å²) in [7, 11) is 0. The minimum Gasteiger partial charge on any atom is -0.258 e. The molecule has 0 aliphatic heterocycles. The van der Waals surface area contributed by atoms with Gasteiger partial charge in [-0.2, -0.15) is 5.10 Å². The number of nitro groups is 1. The molecule has 1 heterocycles. The first-order valence-electron chi connectivity index (χ1n) is 10.5. The van der Waals surface area contributed by atoms with Gasteiger partial charge in [0.1, 0.15) is 0 Å². The van der Waals surface area contributed by atoms with Crippen LogP contribution < -0.4 is 4.80 Å². The highest BCUT2D eigenvalue weighted by Crippen LogP contribution is 2.39. The van der Waals surface area contributed by atoms with Gasteiger partial charge in [-0.15, -0.1) is 17.9 Å². The van der Waals surface area contributed by atoms with Gasteiger partial charge in [0.25, 0.3) is 5.69 Å². The third-order valence-electron chi connectivity index (χ3n) is 6.24. The zero-order chi connectivity index (χ0) is 21.7. The van der Waals surface area contributed by atoms with Crippen LogP contribution >= 0.6 is 11.3 Å². The van der Waals surface area contributed by atoms with Crippen molar-refractivity contribution >= 4 is 22.7 Å². The molecule has 1 aliphatic carbocycles. The summed E-state index contributed by atoms with van der Waals surface area (Å²) >= 11 is 1.53. The Morgan fingerprint density at radius 1 is 1.30 bits per heavy atom. The van der Waals surface area contributed by atoms with E-state index < -0.39 is 0 Å². The Hall–Kier alpha value is -2.54. The summed E-state index contributed by atoms with van der Waals surface area (Å²) in [6.07, 6.45) is 7.28. The van der Waals surface area contributed by atoms with Gasteiger partial charge in [0, 0.05) is 28.8 Å². The molecular formula is C23H30N4O2S. The Kier molecular flexibility index (Phi) is 7.02. The van der Waals surface area contributed by atoms with Crippen LogP contribution in [-0.2, 0) is 0 Å². The molecule has 1 aromatic heterocycles. The van der Waals surface area contributed by atoms with Crippen LogP contribution in [0.2, 0.25) is 0 Å². The van der Waals surface area contributed by atoms with Crippen LogP contribution in [0.15, 0.2) is 52.4 Å². The smallest absolute Gasteiger partial charge is 0.258 e. The van der Waals surface area contributed by atoms with Crippen LogP contribution in [-0.4, -0.2) is 21.9 Å². The molecule has 1 aliphatic rings. The number of nitro benzene ring substituents is 1. The molecule has 160 valence electrons. The summed E-state index contributed by atoms with van der Waals surface area (Å²) in [5.41, 5.74) is 3.44. The zero-order valence-corrected chi connectivity index (χ0v) is 18.8. The fourth-order valence-corrected chi connectivity index (χ4v) is 4.70. The summed E-state index contributed by atoms with van der Waals surface area (Å²) in [5.74, 6) is 0.730. The van der Waals surface area contributed by atoms with Crippen LogP contribution in [0, 0.1) is 21.4 Å². The maximum Gasteiger partial charge on any atom is 0.269 e. The molecule has 6 nitrogen and oxygen atoms in total. The van der Waals surface area contributed by atoms with Crippen LogP contribution in [0.4, 0.5) is 5.69 Å². The van der Waals surface area contributed by atoms with E-state index in [1.165, 1.54) is 35.6 Å². The third kappa shape index (κ3) is 4.95. The van der Waals surface area contributed by atoms with E-state index >= 15 is 0 Å². The van der Waals surface area contributed by atoms with Crippen LogP contribution in [0.25, 0.3) is 11.3 Å². The summed E-state index contributed by atoms with van der Waals surface area (Å²) in [6, 6.07) is 6.61. The van der Waals surface area contributed by atoms with Crippen LogP contribution in [0.3, 0.4) is 0 Å². The zero-order valence-electron chi connectivity index (χ0n) is 18.0. The highest BCUT2D eigenvalue weighted by Gasteiger charge is 2.30. The van der Waals surface area contributed by atoms with Crippen molar-refractivity contribution in [1.82, 2.24) is 4.68 Å². The second-order valence-electron chi connectivity index (χ2n) is 8.43. The molecule has 1 fully saturated rings. The first-order valence-corrected chi connectivity index (χ1v) is 11.4. The summed E-state index contributed by atoms with van der Waals surface area (Å²) in [4.78, 5) is 16.0. The molecule has 0 amide bonds. The lowest BCUT2D eigenvalue weighted by molar-refractivity contribution is -0.384. The molecule has 1 saturated carbocycles. The maximum atomic E-state index is 11.0. The lowest BCUT2D eigenvalue weighted by Gasteiger charge is -2.36. The number of hydrogen-bond acceptors (Lipinski definition) is 5. The van der Waals surface area contributed by atoms with E-state index in [1.807, 2.05) is 10.1 Å². The van der Waals surface area contributed by atoms with E-state index in [9.17, 15) is 10.1 Å². The molecule has 0 N–H and O–H groups in total. The van der Waals surface area contributed by atoms with Crippen molar-refractivity contribution in [3.8, 4) is 11.3 Å². The lowest BCUT2D eigenvalue weighted by Crippen LogP contribution is -2.28. The topological polar surface area (TPSA) is 72.8 Å². The molecule has 3 rings (SSSR count). The predicted molar refractivity (Wildman–Crippen MR) is 124 cm³/mol. The number of benzene rings is 1. The largest absolute Gasteiger partial charge is 0.269 e. The first-order chi connectivity index (χ1) is 14.4. The molecule has 30 heavy (non-hydrogen) atoms. The van der Waals surface area contributed by atoms with Crippen molar-refractivity contribution in [3.63, 3.8) is 0 Å². The first kappa shape index (κ1) is 22.2. The second kappa shape index (κ2) is 9.51. The summed E-state index contributed by atoms with van der Waals surface area (Å²) < 4.78 is 1.90. The number of aromatic nitrogens is 1. The van der Waals surface area contributed by atoms with Crippen molar-refractivity contribution in [1.29, 1.82) is 0 Å². The van der Waals surface area contributed by atoms with E-state index in [0.29, 0.717) is 12.0 Å². The third-order valence-corrected chi connectivity index (χ3v) is 7.09. The molecule has 0 unspecified atom stereocenters. The van der Waals surface area contributed by atoms with E-state index in [1.54, 1.807) is 18.2 Å². The minimum atomic E-state index is -0.382. The molecule has 0 bridgehead atoms. The molecule has 0 spiro atoms. The molecule has 0 atom stereocenters. The van der Waals surface area contributed by atoms with Crippen molar-refractivity contribution in [3.05, 3.63) is 57.2 Å². The van der Waals surface area contributed by atoms with E-state index in [2.05, 4.69) is 32.3 Å². The normalized spacial score (nSPS) is 17.8. The Bertz CT molecular complexity index is 989.